The molecular formula is C21H16N4. The van der Waals surface area contributed by atoms with Crippen LogP contribution in [0.1, 0.15) is 17.2 Å². The molecule has 5 rings (SSSR count). The molecule has 4 aromatic rings. The van der Waals surface area contributed by atoms with Crippen LogP contribution >= 0.6 is 0 Å². The highest BCUT2D eigenvalue weighted by molar-refractivity contribution is 5.87. The smallest absolute Gasteiger partial charge is 0.226 e. The molecule has 120 valence electrons. The Labute approximate surface area is 145 Å². The number of nitrogens with zero attached hydrogens (tertiary/aromatic N) is 3. The summed E-state index contributed by atoms with van der Waals surface area (Å²) in [5, 5.41) is 10.3. The number of anilines is 1. The lowest BCUT2D eigenvalue weighted by atomic mass is 9.96. The lowest BCUT2D eigenvalue weighted by molar-refractivity contribution is 0.615. The molecule has 0 fully saturated rings. The van der Waals surface area contributed by atoms with Gasteiger partial charge in [0.25, 0.3) is 0 Å². The van der Waals surface area contributed by atoms with Gasteiger partial charge in [0.2, 0.25) is 5.95 Å². The minimum Gasteiger partial charge on any atom is -0.324 e. The van der Waals surface area contributed by atoms with Crippen molar-refractivity contribution in [2.45, 2.75) is 6.04 Å². The maximum Gasteiger partial charge on any atom is 0.226 e. The van der Waals surface area contributed by atoms with Crippen LogP contribution in [0.25, 0.3) is 16.5 Å². The Bertz CT molecular complexity index is 1070. The standard InChI is InChI=1S/C21H16N4/c1-2-8-16(9-3-1)19-13-20(25-21(24-19)22-14-23-25)18-12-6-10-15-7-4-5-11-17(15)18/h1-14,20H,(H,22,23,24)/t20-/m1/s1. The van der Waals surface area contributed by atoms with Crippen LogP contribution < -0.4 is 5.32 Å². The molecule has 1 N–H and O–H groups in total. The van der Waals surface area contributed by atoms with Crippen molar-refractivity contribution in [2.75, 3.05) is 5.32 Å². The lowest BCUT2D eigenvalue weighted by Gasteiger charge is -2.25. The van der Waals surface area contributed by atoms with Crippen molar-refractivity contribution in [1.29, 1.82) is 0 Å². The van der Waals surface area contributed by atoms with Crippen LogP contribution in [0.15, 0.2) is 85.2 Å². The van der Waals surface area contributed by atoms with Crippen LogP contribution in [0.2, 0.25) is 0 Å². The molecule has 0 aliphatic carbocycles. The van der Waals surface area contributed by atoms with Gasteiger partial charge in [0.1, 0.15) is 12.4 Å². The van der Waals surface area contributed by atoms with E-state index in [1.54, 1.807) is 6.33 Å². The molecule has 0 saturated heterocycles. The molecule has 0 unspecified atom stereocenters. The molecular weight excluding hydrogens is 308 g/mol. The van der Waals surface area contributed by atoms with Gasteiger partial charge in [-0.15, -0.1) is 0 Å². The minimum atomic E-state index is 0.0000520. The predicted molar refractivity (Wildman–Crippen MR) is 100 cm³/mol. The zero-order chi connectivity index (χ0) is 16.6. The highest BCUT2D eigenvalue weighted by Crippen LogP contribution is 2.34. The second-order valence-electron chi connectivity index (χ2n) is 6.11. The summed E-state index contributed by atoms with van der Waals surface area (Å²) in [6, 6.07) is 25.2. The number of benzene rings is 3. The molecule has 3 aromatic carbocycles. The van der Waals surface area contributed by atoms with Gasteiger partial charge in [-0.3, -0.25) is 0 Å². The summed E-state index contributed by atoms with van der Waals surface area (Å²) in [6.07, 6.45) is 3.82. The van der Waals surface area contributed by atoms with E-state index in [0.717, 1.165) is 17.2 Å². The van der Waals surface area contributed by atoms with E-state index in [1.165, 1.54) is 16.3 Å². The molecule has 1 aliphatic heterocycles. The first-order chi connectivity index (χ1) is 12.4. The predicted octanol–water partition coefficient (Wildman–Crippen LogP) is 4.49. The molecule has 4 heteroatoms. The van der Waals surface area contributed by atoms with E-state index in [9.17, 15) is 0 Å². The Morgan fingerprint density at radius 1 is 0.840 bits per heavy atom. The number of rotatable bonds is 2. The third-order valence-electron chi connectivity index (χ3n) is 4.63. The quantitative estimate of drug-likeness (QED) is 0.591. The molecule has 1 aliphatic rings. The first kappa shape index (κ1) is 14.0. The zero-order valence-corrected chi connectivity index (χ0v) is 13.5. The summed E-state index contributed by atoms with van der Waals surface area (Å²) in [6.45, 7) is 0. The van der Waals surface area contributed by atoms with E-state index in [1.807, 2.05) is 22.9 Å². The van der Waals surface area contributed by atoms with Gasteiger partial charge in [0.15, 0.2) is 0 Å². The number of hydrogen-bond acceptors (Lipinski definition) is 3. The van der Waals surface area contributed by atoms with Crippen molar-refractivity contribution in [1.82, 2.24) is 14.8 Å². The number of hydrogen-bond donors (Lipinski definition) is 1. The van der Waals surface area contributed by atoms with Crippen molar-refractivity contribution in [3.05, 3.63) is 96.3 Å². The summed E-state index contributed by atoms with van der Waals surface area (Å²) < 4.78 is 1.94. The molecule has 0 spiro atoms. The summed E-state index contributed by atoms with van der Waals surface area (Å²) >= 11 is 0. The van der Waals surface area contributed by atoms with Crippen molar-refractivity contribution >= 4 is 22.4 Å². The summed E-state index contributed by atoms with van der Waals surface area (Å²) in [5.74, 6) is 0.763. The van der Waals surface area contributed by atoms with E-state index in [-0.39, 0.29) is 6.04 Å². The molecule has 1 aromatic heterocycles. The van der Waals surface area contributed by atoms with Gasteiger partial charge in [0, 0.05) is 5.70 Å². The average molecular weight is 324 g/mol. The fourth-order valence-corrected chi connectivity index (χ4v) is 3.45. The summed E-state index contributed by atoms with van der Waals surface area (Å²) in [7, 11) is 0. The van der Waals surface area contributed by atoms with Gasteiger partial charge in [-0.1, -0.05) is 72.8 Å². The van der Waals surface area contributed by atoms with Crippen LogP contribution in [0, 0.1) is 0 Å². The third kappa shape index (κ3) is 2.31. The van der Waals surface area contributed by atoms with Gasteiger partial charge in [-0.25, -0.2) is 4.68 Å². The van der Waals surface area contributed by atoms with E-state index >= 15 is 0 Å². The van der Waals surface area contributed by atoms with E-state index in [4.69, 9.17) is 0 Å². The topological polar surface area (TPSA) is 42.7 Å². The Morgan fingerprint density at radius 2 is 1.64 bits per heavy atom. The van der Waals surface area contributed by atoms with E-state index in [0.29, 0.717) is 0 Å². The van der Waals surface area contributed by atoms with Gasteiger partial charge >= 0.3 is 0 Å². The highest BCUT2D eigenvalue weighted by Gasteiger charge is 2.24. The van der Waals surface area contributed by atoms with Gasteiger partial charge < -0.3 is 5.32 Å². The lowest BCUT2D eigenvalue weighted by Crippen LogP contribution is -2.20. The Morgan fingerprint density at radius 3 is 2.56 bits per heavy atom. The molecule has 0 bridgehead atoms. The number of fused-ring (bicyclic) bond motifs is 2. The monoisotopic (exact) mass is 324 g/mol. The molecule has 2 heterocycles. The molecule has 0 radical (unpaired) electrons. The van der Waals surface area contributed by atoms with Crippen LogP contribution in [0.3, 0.4) is 0 Å². The Kier molecular flexibility index (Phi) is 3.13. The SMILES string of the molecule is C1=C(c2ccccc2)Nc2ncnn2[C@H]1c1cccc2ccccc12. The summed E-state index contributed by atoms with van der Waals surface area (Å²) in [4.78, 5) is 4.39. The Hall–Kier alpha value is -3.40. The van der Waals surface area contributed by atoms with Crippen LogP contribution in [-0.2, 0) is 0 Å². The van der Waals surface area contributed by atoms with Crippen molar-refractivity contribution in [3.63, 3.8) is 0 Å². The first-order valence-electron chi connectivity index (χ1n) is 8.31. The van der Waals surface area contributed by atoms with Crippen LogP contribution in [-0.4, -0.2) is 14.8 Å². The minimum absolute atomic E-state index is 0.0000520. The zero-order valence-electron chi connectivity index (χ0n) is 13.5. The summed E-state index contributed by atoms with van der Waals surface area (Å²) in [5.41, 5.74) is 3.42. The molecule has 0 saturated carbocycles. The fraction of sp³-hybridized carbons (Fsp3) is 0.0476. The van der Waals surface area contributed by atoms with Crippen molar-refractivity contribution < 1.29 is 0 Å². The number of allylic oxidation sites excluding steroid dienone is 1. The van der Waals surface area contributed by atoms with Crippen molar-refractivity contribution in [3.8, 4) is 0 Å². The van der Waals surface area contributed by atoms with Crippen LogP contribution in [0.5, 0.6) is 0 Å². The Balaban J connectivity index is 1.72. The molecule has 25 heavy (non-hydrogen) atoms. The maximum absolute atomic E-state index is 4.45. The molecule has 1 atom stereocenters. The van der Waals surface area contributed by atoms with Gasteiger partial charge in [-0.2, -0.15) is 10.1 Å². The average Bonchev–Trinajstić information content (AvgIpc) is 3.16. The van der Waals surface area contributed by atoms with Gasteiger partial charge in [0.05, 0.1) is 0 Å². The first-order valence-corrected chi connectivity index (χ1v) is 8.31. The highest BCUT2D eigenvalue weighted by atomic mass is 15.4. The number of nitrogens with one attached hydrogen (secondary N) is 1. The fourth-order valence-electron chi connectivity index (χ4n) is 3.45. The number of aromatic nitrogens is 3. The second-order valence-corrected chi connectivity index (χ2v) is 6.11. The molecule has 4 nitrogen and oxygen atoms in total. The maximum atomic E-state index is 4.45. The van der Waals surface area contributed by atoms with Gasteiger partial charge in [-0.05, 0) is 28.0 Å². The largest absolute Gasteiger partial charge is 0.324 e. The van der Waals surface area contributed by atoms with E-state index in [2.05, 4.69) is 76.1 Å². The molecule has 0 amide bonds. The third-order valence-corrected chi connectivity index (χ3v) is 4.63. The second kappa shape index (κ2) is 5.60. The van der Waals surface area contributed by atoms with E-state index < -0.39 is 0 Å². The normalized spacial score (nSPS) is 16.2. The van der Waals surface area contributed by atoms with Crippen LogP contribution in [0.4, 0.5) is 5.95 Å². The van der Waals surface area contributed by atoms with Crippen molar-refractivity contribution in [2.24, 2.45) is 0 Å².